The zero-order valence-corrected chi connectivity index (χ0v) is 15.0. The van der Waals surface area contributed by atoms with Gasteiger partial charge in [-0.1, -0.05) is 29.8 Å². The zero-order chi connectivity index (χ0) is 17.5. The Bertz CT molecular complexity index is 652. The van der Waals surface area contributed by atoms with Gasteiger partial charge in [-0.15, -0.1) is 0 Å². The molecular formula is C20H23ClFNO2. The molecule has 25 heavy (non-hydrogen) atoms. The second-order valence-electron chi connectivity index (χ2n) is 6.19. The maximum atomic E-state index is 13.7. The van der Waals surface area contributed by atoms with Crippen LogP contribution in [0.3, 0.4) is 0 Å². The van der Waals surface area contributed by atoms with Crippen LogP contribution in [-0.2, 0) is 17.8 Å². The van der Waals surface area contributed by atoms with Gasteiger partial charge < -0.3 is 9.47 Å². The average Bonchev–Trinajstić information content (AvgIpc) is 2.63. The van der Waals surface area contributed by atoms with Crippen LogP contribution in [0.25, 0.3) is 0 Å². The van der Waals surface area contributed by atoms with E-state index in [0.29, 0.717) is 10.6 Å². The molecule has 5 heteroatoms. The van der Waals surface area contributed by atoms with Gasteiger partial charge >= 0.3 is 0 Å². The summed E-state index contributed by atoms with van der Waals surface area (Å²) in [5.41, 5.74) is 1.67. The lowest BCUT2D eigenvalue weighted by molar-refractivity contribution is 0.0374. The molecule has 0 N–H and O–H groups in total. The van der Waals surface area contributed by atoms with Crippen LogP contribution in [0, 0.1) is 5.82 Å². The van der Waals surface area contributed by atoms with E-state index in [-0.39, 0.29) is 12.4 Å². The van der Waals surface area contributed by atoms with E-state index in [4.69, 9.17) is 21.1 Å². The van der Waals surface area contributed by atoms with Gasteiger partial charge in [0.25, 0.3) is 0 Å². The quantitative estimate of drug-likeness (QED) is 0.731. The smallest absolute Gasteiger partial charge is 0.131 e. The number of benzene rings is 2. The Kier molecular flexibility index (Phi) is 6.68. The van der Waals surface area contributed by atoms with E-state index >= 15 is 0 Å². The number of rotatable bonds is 7. The number of hydrogen-bond acceptors (Lipinski definition) is 3. The molecule has 1 fully saturated rings. The van der Waals surface area contributed by atoms with Gasteiger partial charge in [0.05, 0.1) is 18.2 Å². The first kappa shape index (κ1) is 18.2. The normalized spacial score (nSPS) is 15.3. The molecule has 0 aromatic heterocycles. The van der Waals surface area contributed by atoms with Crippen molar-refractivity contribution in [3.63, 3.8) is 0 Å². The third-order valence-electron chi connectivity index (χ3n) is 4.41. The molecule has 0 radical (unpaired) electrons. The predicted molar refractivity (Wildman–Crippen MR) is 97.8 cm³/mol. The van der Waals surface area contributed by atoms with E-state index in [2.05, 4.69) is 17.0 Å². The van der Waals surface area contributed by atoms with E-state index in [1.807, 2.05) is 12.1 Å². The van der Waals surface area contributed by atoms with Crippen molar-refractivity contribution >= 4 is 11.6 Å². The third-order valence-corrected chi connectivity index (χ3v) is 4.77. The van der Waals surface area contributed by atoms with Crippen LogP contribution in [-0.4, -0.2) is 37.7 Å². The minimum absolute atomic E-state index is 0.127. The zero-order valence-electron chi connectivity index (χ0n) is 14.2. The molecular weight excluding hydrogens is 341 g/mol. The van der Waals surface area contributed by atoms with Gasteiger partial charge in [-0.05, 0) is 49.2 Å². The maximum Gasteiger partial charge on any atom is 0.131 e. The van der Waals surface area contributed by atoms with Crippen LogP contribution in [0.5, 0.6) is 5.75 Å². The molecule has 0 unspecified atom stereocenters. The number of ether oxygens (including phenoxy) is 2. The topological polar surface area (TPSA) is 21.7 Å². The Balaban J connectivity index is 1.45. The van der Waals surface area contributed by atoms with Crippen LogP contribution in [0.1, 0.15) is 17.5 Å². The highest BCUT2D eigenvalue weighted by Crippen LogP contribution is 2.22. The van der Waals surface area contributed by atoms with Crippen molar-refractivity contribution in [3.05, 3.63) is 64.4 Å². The first-order valence-electron chi connectivity index (χ1n) is 8.67. The summed E-state index contributed by atoms with van der Waals surface area (Å²) in [6, 6.07) is 12.6. The molecule has 0 atom stereocenters. The number of morpholine rings is 1. The van der Waals surface area contributed by atoms with Crippen molar-refractivity contribution in [2.45, 2.75) is 19.4 Å². The fourth-order valence-corrected chi connectivity index (χ4v) is 3.13. The highest BCUT2D eigenvalue weighted by atomic mass is 35.5. The van der Waals surface area contributed by atoms with Crippen LogP contribution >= 0.6 is 11.6 Å². The standard InChI is InChI=1S/C20H23ClFNO2/c21-19-4-1-5-20(22)18(19)15-25-17-8-6-16(7-9-17)3-2-10-23-11-13-24-14-12-23/h1,4-9H,2-3,10-15H2. The molecule has 3 rings (SSSR count). The minimum Gasteiger partial charge on any atom is -0.489 e. The Morgan fingerprint density at radius 2 is 1.84 bits per heavy atom. The van der Waals surface area contributed by atoms with Crippen molar-refractivity contribution in [2.24, 2.45) is 0 Å². The molecule has 0 saturated carbocycles. The Labute approximate surface area is 153 Å². The van der Waals surface area contributed by atoms with Crippen LogP contribution in [0.4, 0.5) is 4.39 Å². The lowest BCUT2D eigenvalue weighted by atomic mass is 10.1. The molecule has 0 bridgehead atoms. The van der Waals surface area contributed by atoms with Gasteiger partial charge in [-0.3, -0.25) is 4.90 Å². The summed E-state index contributed by atoms with van der Waals surface area (Å²) in [6.45, 7) is 4.99. The van der Waals surface area contributed by atoms with E-state index in [1.165, 1.54) is 11.6 Å². The number of nitrogens with zero attached hydrogens (tertiary/aromatic N) is 1. The Morgan fingerprint density at radius 1 is 1.08 bits per heavy atom. The van der Waals surface area contributed by atoms with Crippen molar-refractivity contribution in [1.29, 1.82) is 0 Å². The molecule has 1 aliphatic heterocycles. The number of aryl methyl sites for hydroxylation is 1. The molecule has 1 heterocycles. The highest BCUT2D eigenvalue weighted by molar-refractivity contribution is 6.31. The number of halogens is 2. The van der Waals surface area contributed by atoms with Gasteiger partial charge in [-0.2, -0.15) is 0 Å². The van der Waals surface area contributed by atoms with Gasteiger partial charge in [0.1, 0.15) is 18.2 Å². The van der Waals surface area contributed by atoms with Crippen molar-refractivity contribution in [1.82, 2.24) is 4.90 Å². The second-order valence-corrected chi connectivity index (χ2v) is 6.60. The molecule has 0 spiro atoms. The second kappa shape index (κ2) is 9.18. The fraction of sp³-hybridized carbons (Fsp3) is 0.400. The van der Waals surface area contributed by atoms with E-state index in [1.54, 1.807) is 12.1 Å². The lowest BCUT2D eigenvalue weighted by Gasteiger charge is -2.26. The summed E-state index contributed by atoms with van der Waals surface area (Å²) < 4.78 is 24.8. The number of hydrogen-bond donors (Lipinski definition) is 0. The molecule has 1 saturated heterocycles. The molecule has 1 aliphatic rings. The largest absolute Gasteiger partial charge is 0.489 e. The summed E-state index contributed by atoms with van der Waals surface area (Å²) >= 11 is 6.01. The van der Waals surface area contributed by atoms with Crippen molar-refractivity contribution in [2.75, 3.05) is 32.8 Å². The Hall–Kier alpha value is -1.62. The highest BCUT2D eigenvalue weighted by Gasteiger charge is 2.10. The summed E-state index contributed by atoms with van der Waals surface area (Å²) in [6.07, 6.45) is 2.17. The predicted octanol–water partition coefficient (Wildman–Crippen LogP) is 4.32. The maximum absolute atomic E-state index is 13.7. The molecule has 0 amide bonds. The SMILES string of the molecule is Fc1cccc(Cl)c1COc1ccc(CCCN2CCOCC2)cc1. The van der Waals surface area contributed by atoms with Gasteiger partial charge in [0, 0.05) is 18.7 Å². The first-order valence-corrected chi connectivity index (χ1v) is 9.05. The average molecular weight is 364 g/mol. The molecule has 2 aromatic rings. The summed E-state index contributed by atoms with van der Waals surface area (Å²) in [5.74, 6) is 0.378. The molecule has 0 aliphatic carbocycles. The van der Waals surface area contributed by atoms with Crippen molar-refractivity contribution in [3.8, 4) is 5.75 Å². The monoisotopic (exact) mass is 363 g/mol. The summed E-state index contributed by atoms with van der Waals surface area (Å²) in [7, 11) is 0. The molecule has 2 aromatic carbocycles. The summed E-state index contributed by atoms with van der Waals surface area (Å²) in [5, 5.41) is 0.389. The van der Waals surface area contributed by atoms with Gasteiger partial charge in [-0.25, -0.2) is 4.39 Å². The van der Waals surface area contributed by atoms with Crippen molar-refractivity contribution < 1.29 is 13.9 Å². The van der Waals surface area contributed by atoms with E-state index in [0.717, 1.165) is 51.4 Å². The van der Waals surface area contributed by atoms with Crippen LogP contribution < -0.4 is 4.74 Å². The lowest BCUT2D eigenvalue weighted by Crippen LogP contribution is -2.36. The summed E-state index contributed by atoms with van der Waals surface area (Å²) in [4.78, 5) is 2.44. The Morgan fingerprint density at radius 3 is 2.56 bits per heavy atom. The van der Waals surface area contributed by atoms with E-state index in [9.17, 15) is 4.39 Å². The van der Waals surface area contributed by atoms with E-state index < -0.39 is 0 Å². The van der Waals surface area contributed by atoms with Gasteiger partial charge in [0.2, 0.25) is 0 Å². The van der Waals surface area contributed by atoms with Crippen LogP contribution in [0.2, 0.25) is 5.02 Å². The third kappa shape index (κ3) is 5.43. The fourth-order valence-electron chi connectivity index (χ4n) is 2.91. The molecule has 3 nitrogen and oxygen atoms in total. The minimum atomic E-state index is -0.341. The van der Waals surface area contributed by atoms with Crippen LogP contribution in [0.15, 0.2) is 42.5 Å². The molecule has 134 valence electrons. The van der Waals surface area contributed by atoms with Gasteiger partial charge in [0.15, 0.2) is 0 Å². The first-order chi connectivity index (χ1) is 12.2.